The van der Waals surface area contributed by atoms with E-state index in [9.17, 15) is 9.90 Å². The molecule has 2 aromatic heterocycles. The van der Waals surface area contributed by atoms with Gasteiger partial charge in [-0.3, -0.25) is 14.6 Å². The van der Waals surface area contributed by atoms with Crippen LogP contribution in [0.3, 0.4) is 0 Å². The van der Waals surface area contributed by atoms with Gasteiger partial charge in [-0.05, 0) is 40.2 Å². The molecule has 7 heteroatoms. The molecule has 3 heterocycles. The van der Waals surface area contributed by atoms with Crippen LogP contribution in [-0.4, -0.2) is 63.2 Å². The predicted molar refractivity (Wildman–Crippen MR) is 102 cm³/mol. The fraction of sp³-hybridized carbons (Fsp3) is 0.667. The third-order valence-electron chi connectivity index (χ3n) is 5.02. The number of piperazine rings is 1. The quantitative estimate of drug-likeness (QED) is 0.869. The molecular weight excluding hydrogens is 336 g/mol. The number of H-pyrrole nitrogens is 1. The molecule has 0 aliphatic carbocycles. The van der Waals surface area contributed by atoms with Gasteiger partial charge in [0.25, 0.3) is 5.56 Å². The number of aliphatic hydroxyl groups is 1. The van der Waals surface area contributed by atoms with Gasteiger partial charge in [-0.2, -0.15) is 0 Å². The second kappa shape index (κ2) is 6.79. The molecule has 3 rings (SSSR count). The molecule has 1 aliphatic heterocycles. The third kappa shape index (κ3) is 3.95. The highest BCUT2D eigenvalue weighted by atomic mass is 32.1. The fourth-order valence-electron chi connectivity index (χ4n) is 3.50. The number of hydrogen-bond donors (Lipinski definition) is 2. The molecule has 0 unspecified atom stereocenters. The molecule has 25 heavy (non-hydrogen) atoms. The molecule has 2 aromatic rings. The first-order valence-electron chi connectivity index (χ1n) is 8.84. The van der Waals surface area contributed by atoms with E-state index < -0.39 is 5.60 Å². The summed E-state index contributed by atoms with van der Waals surface area (Å²) in [7, 11) is 0. The van der Waals surface area contributed by atoms with E-state index in [0.717, 1.165) is 52.7 Å². The molecule has 1 aliphatic rings. The van der Waals surface area contributed by atoms with Crippen molar-refractivity contribution in [1.82, 2.24) is 19.8 Å². The molecule has 6 nitrogen and oxygen atoms in total. The number of thiophene rings is 1. The smallest absolute Gasteiger partial charge is 0.259 e. The standard InChI is InChI=1S/C18H28N4O2S/c1-11-13(3)25-17-14(11)16(23)19-15(20-17)12(2)22-8-6-21(7-9-22)10-18(4,5)24/h12,24H,6-10H2,1-5H3,(H,19,20,23)/t12-/m1/s1. The number of hydrogen-bond acceptors (Lipinski definition) is 6. The number of aromatic nitrogens is 2. The summed E-state index contributed by atoms with van der Waals surface area (Å²) in [5, 5.41) is 10.7. The summed E-state index contributed by atoms with van der Waals surface area (Å²) in [4.78, 5) is 26.8. The second-order valence-electron chi connectivity index (χ2n) is 7.72. The summed E-state index contributed by atoms with van der Waals surface area (Å²) < 4.78 is 0. The Kier molecular flexibility index (Phi) is 5.03. The minimum atomic E-state index is -0.666. The molecule has 0 amide bonds. The lowest BCUT2D eigenvalue weighted by Gasteiger charge is -2.39. The monoisotopic (exact) mass is 364 g/mol. The van der Waals surface area contributed by atoms with E-state index in [-0.39, 0.29) is 11.6 Å². The van der Waals surface area contributed by atoms with Crippen LogP contribution < -0.4 is 5.56 Å². The molecule has 1 atom stereocenters. The van der Waals surface area contributed by atoms with E-state index in [2.05, 4.69) is 21.7 Å². The summed E-state index contributed by atoms with van der Waals surface area (Å²) in [5.74, 6) is 0.745. The number of fused-ring (bicyclic) bond motifs is 1. The van der Waals surface area contributed by atoms with Crippen LogP contribution in [0.25, 0.3) is 10.2 Å². The zero-order chi connectivity index (χ0) is 18.4. The highest BCUT2D eigenvalue weighted by Crippen LogP contribution is 2.27. The molecule has 1 saturated heterocycles. The summed E-state index contributed by atoms with van der Waals surface area (Å²) in [5.41, 5.74) is 0.336. The maximum atomic E-state index is 12.5. The van der Waals surface area contributed by atoms with Crippen molar-refractivity contribution >= 4 is 21.6 Å². The number of aromatic amines is 1. The first kappa shape index (κ1) is 18.5. The minimum Gasteiger partial charge on any atom is -0.389 e. The Morgan fingerprint density at radius 1 is 1.28 bits per heavy atom. The van der Waals surface area contributed by atoms with E-state index in [1.165, 1.54) is 0 Å². The Morgan fingerprint density at radius 2 is 1.92 bits per heavy atom. The molecular formula is C18H28N4O2S. The average Bonchev–Trinajstić information content (AvgIpc) is 2.81. The average molecular weight is 365 g/mol. The van der Waals surface area contributed by atoms with Crippen LogP contribution in [-0.2, 0) is 0 Å². The summed E-state index contributed by atoms with van der Waals surface area (Å²) in [6, 6.07) is 0.0732. The van der Waals surface area contributed by atoms with Gasteiger partial charge in [0, 0.05) is 37.6 Å². The van der Waals surface area contributed by atoms with Gasteiger partial charge in [0.15, 0.2) is 0 Å². The van der Waals surface area contributed by atoms with Crippen LogP contribution in [0.2, 0.25) is 0 Å². The van der Waals surface area contributed by atoms with Gasteiger partial charge in [0.05, 0.1) is 17.0 Å². The van der Waals surface area contributed by atoms with Crippen molar-refractivity contribution in [2.45, 2.75) is 46.3 Å². The second-order valence-corrected chi connectivity index (χ2v) is 8.92. The summed E-state index contributed by atoms with van der Waals surface area (Å²) in [6.45, 7) is 14.1. The van der Waals surface area contributed by atoms with Gasteiger partial charge in [0.2, 0.25) is 0 Å². The van der Waals surface area contributed by atoms with Crippen LogP contribution in [0, 0.1) is 13.8 Å². The lowest BCUT2D eigenvalue weighted by Crippen LogP contribution is -2.51. The molecule has 138 valence electrons. The first-order valence-corrected chi connectivity index (χ1v) is 9.66. The zero-order valence-corrected chi connectivity index (χ0v) is 16.5. The molecule has 0 aromatic carbocycles. The summed E-state index contributed by atoms with van der Waals surface area (Å²) in [6.07, 6.45) is 0. The highest BCUT2D eigenvalue weighted by molar-refractivity contribution is 7.18. The van der Waals surface area contributed by atoms with Crippen LogP contribution >= 0.6 is 11.3 Å². The number of rotatable bonds is 4. The molecule has 0 bridgehead atoms. The van der Waals surface area contributed by atoms with Crippen molar-refractivity contribution in [2.24, 2.45) is 0 Å². The van der Waals surface area contributed by atoms with Crippen LogP contribution in [0.1, 0.15) is 43.1 Å². The SMILES string of the molecule is Cc1sc2nc([C@@H](C)N3CCN(CC(C)(C)O)CC3)[nH]c(=O)c2c1C. The number of aryl methyl sites for hydroxylation is 2. The van der Waals surface area contributed by atoms with Gasteiger partial charge in [-0.15, -0.1) is 11.3 Å². The number of β-amino-alcohol motifs (C(OH)–C–C–N with tert-alkyl or cyclic N) is 1. The van der Waals surface area contributed by atoms with E-state index in [4.69, 9.17) is 4.98 Å². The highest BCUT2D eigenvalue weighted by Gasteiger charge is 2.27. The molecule has 0 saturated carbocycles. The number of nitrogens with zero attached hydrogens (tertiary/aromatic N) is 3. The number of nitrogens with one attached hydrogen (secondary N) is 1. The maximum absolute atomic E-state index is 12.5. The van der Waals surface area contributed by atoms with E-state index in [1.807, 2.05) is 27.7 Å². The topological polar surface area (TPSA) is 72.5 Å². The van der Waals surface area contributed by atoms with Gasteiger partial charge >= 0.3 is 0 Å². The molecule has 2 N–H and O–H groups in total. The van der Waals surface area contributed by atoms with Gasteiger partial charge < -0.3 is 10.1 Å². The maximum Gasteiger partial charge on any atom is 0.259 e. The first-order chi connectivity index (χ1) is 11.7. The van der Waals surface area contributed by atoms with Gasteiger partial charge in [-0.25, -0.2) is 4.98 Å². The van der Waals surface area contributed by atoms with Crippen molar-refractivity contribution in [3.8, 4) is 0 Å². The van der Waals surface area contributed by atoms with Crippen LogP contribution in [0.4, 0.5) is 0 Å². The minimum absolute atomic E-state index is 0.0330. The predicted octanol–water partition coefficient (Wildman–Crippen LogP) is 2.05. The third-order valence-corrected chi connectivity index (χ3v) is 6.12. The zero-order valence-electron chi connectivity index (χ0n) is 15.7. The molecule has 0 radical (unpaired) electrons. The Labute approximate surface area is 152 Å². The van der Waals surface area contributed by atoms with Crippen LogP contribution in [0.5, 0.6) is 0 Å². The largest absolute Gasteiger partial charge is 0.389 e. The van der Waals surface area contributed by atoms with E-state index in [0.29, 0.717) is 6.54 Å². The van der Waals surface area contributed by atoms with Crippen molar-refractivity contribution in [3.63, 3.8) is 0 Å². The van der Waals surface area contributed by atoms with E-state index in [1.54, 1.807) is 11.3 Å². The van der Waals surface area contributed by atoms with Gasteiger partial charge in [0.1, 0.15) is 10.7 Å². The lowest BCUT2D eigenvalue weighted by molar-refractivity contribution is 0.0114. The molecule has 0 spiro atoms. The Bertz CT molecular complexity index is 813. The van der Waals surface area contributed by atoms with Crippen LogP contribution in [0.15, 0.2) is 4.79 Å². The Balaban J connectivity index is 1.75. The van der Waals surface area contributed by atoms with Crippen molar-refractivity contribution < 1.29 is 5.11 Å². The van der Waals surface area contributed by atoms with Crippen molar-refractivity contribution in [2.75, 3.05) is 32.7 Å². The van der Waals surface area contributed by atoms with Gasteiger partial charge in [-0.1, -0.05) is 0 Å². The summed E-state index contributed by atoms with van der Waals surface area (Å²) >= 11 is 1.59. The normalized spacial score (nSPS) is 18.8. The Hall–Kier alpha value is -1.28. The molecule has 1 fully saturated rings. The van der Waals surface area contributed by atoms with E-state index >= 15 is 0 Å². The van der Waals surface area contributed by atoms with Crippen molar-refractivity contribution in [3.05, 3.63) is 26.6 Å². The fourth-order valence-corrected chi connectivity index (χ4v) is 4.54. The Morgan fingerprint density at radius 3 is 2.52 bits per heavy atom. The lowest BCUT2D eigenvalue weighted by atomic mass is 10.1. The van der Waals surface area contributed by atoms with Crippen molar-refractivity contribution in [1.29, 1.82) is 0 Å².